The molecule has 0 amide bonds. The summed E-state index contributed by atoms with van der Waals surface area (Å²) in [5, 5.41) is 9.10. The quantitative estimate of drug-likeness (QED) is 0.193. The summed E-state index contributed by atoms with van der Waals surface area (Å²) in [4.78, 5) is 4.74. The van der Waals surface area contributed by atoms with E-state index in [2.05, 4.69) is 193 Å². The van der Waals surface area contributed by atoms with Crippen LogP contribution in [0.25, 0.3) is 16.9 Å². The molecule has 1 aromatic heterocycles. The second kappa shape index (κ2) is 10.8. The predicted molar refractivity (Wildman–Crippen MR) is 200 cm³/mol. The van der Waals surface area contributed by atoms with Gasteiger partial charge in [0.1, 0.15) is 5.69 Å². The van der Waals surface area contributed by atoms with Gasteiger partial charge in [0, 0.05) is 27.8 Å². The molecule has 5 heteroatoms. The molecule has 49 heavy (non-hydrogen) atoms. The molecule has 0 saturated carbocycles. The lowest BCUT2D eigenvalue weighted by Gasteiger charge is -2.42. The Morgan fingerprint density at radius 3 is 1.16 bits per heavy atom. The van der Waals surface area contributed by atoms with Crippen LogP contribution < -0.4 is 9.80 Å². The zero-order valence-corrected chi connectivity index (χ0v) is 28.2. The molecular weight excluding hydrogens is 599 g/mol. The van der Waals surface area contributed by atoms with Crippen LogP contribution in [0.15, 0.2) is 152 Å². The Bertz CT molecular complexity index is 2080. The van der Waals surface area contributed by atoms with E-state index in [0.717, 1.165) is 28.3 Å². The van der Waals surface area contributed by atoms with E-state index in [-0.39, 0.29) is 10.8 Å². The minimum atomic E-state index is -0.0847. The number of para-hydroxylation sites is 4. The van der Waals surface area contributed by atoms with Crippen LogP contribution in [0.2, 0.25) is 0 Å². The molecule has 7 aromatic rings. The highest BCUT2D eigenvalue weighted by Crippen LogP contribution is 2.53. The van der Waals surface area contributed by atoms with Gasteiger partial charge in [0.25, 0.3) is 0 Å². The molecule has 0 unspecified atom stereocenters. The Balaban J connectivity index is 1.01. The van der Waals surface area contributed by atoms with Crippen molar-refractivity contribution >= 4 is 34.1 Å². The van der Waals surface area contributed by atoms with Crippen LogP contribution in [0.4, 0.5) is 34.1 Å². The van der Waals surface area contributed by atoms with E-state index in [1.165, 1.54) is 45.0 Å². The summed E-state index contributed by atoms with van der Waals surface area (Å²) in [6, 6.07) is 52.2. The Morgan fingerprint density at radius 1 is 0.408 bits per heavy atom. The first kappa shape index (κ1) is 29.2. The van der Waals surface area contributed by atoms with Gasteiger partial charge in [-0.1, -0.05) is 118 Å². The molecule has 0 N–H and O–H groups in total. The zero-order chi connectivity index (χ0) is 33.3. The van der Waals surface area contributed by atoms with Crippen LogP contribution >= 0.6 is 0 Å². The third kappa shape index (κ3) is 4.46. The van der Waals surface area contributed by atoms with Crippen LogP contribution in [0.1, 0.15) is 49.9 Å². The van der Waals surface area contributed by atoms with Gasteiger partial charge in [-0.05, 0) is 82.9 Å². The van der Waals surface area contributed by atoms with Crippen molar-refractivity contribution in [1.82, 2.24) is 15.0 Å². The zero-order valence-electron chi connectivity index (χ0n) is 28.2. The van der Waals surface area contributed by atoms with Gasteiger partial charge in [-0.15, -0.1) is 5.10 Å². The van der Waals surface area contributed by atoms with E-state index in [1.54, 1.807) is 0 Å². The number of hydrogen-bond acceptors (Lipinski definition) is 4. The molecule has 0 fully saturated rings. The lowest BCUT2D eigenvalue weighted by Crippen LogP contribution is -2.30. The number of aromatic nitrogens is 3. The number of hydrogen-bond donors (Lipinski definition) is 0. The van der Waals surface area contributed by atoms with Crippen molar-refractivity contribution < 1.29 is 0 Å². The number of benzene rings is 6. The van der Waals surface area contributed by atoms with Crippen LogP contribution in [0, 0.1) is 0 Å². The van der Waals surface area contributed by atoms with Gasteiger partial charge in [0.15, 0.2) is 0 Å². The lowest BCUT2D eigenvalue weighted by molar-refractivity contribution is 0.631. The van der Waals surface area contributed by atoms with E-state index in [9.17, 15) is 0 Å². The highest BCUT2D eigenvalue weighted by atomic mass is 15.4. The molecule has 3 heterocycles. The Hall–Kier alpha value is -5.94. The van der Waals surface area contributed by atoms with Crippen molar-refractivity contribution in [3.8, 4) is 16.9 Å². The molecule has 0 saturated heterocycles. The monoisotopic (exact) mass is 635 g/mol. The average Bonchev–Trinajstić information content (AvgIpc) is 3.63. The Kier molecular flexibility index (Phi) is 6.44. The van der Waals surface area contributed by atoms with Crippen LogP contribution in [0.5, 0.6) is 0 Å². The van der Waals surface area contributed by atoms with Crippen molar-refractivity contribution in [1.29, 1.82) is 0 Å². The van der Waals surface area contributed by atoms with Gasteiger partial charge in [-0.3, -0.25) is 0 Å². The number of nitrogens with zero attached hydrogens (tertiary/aromatic N) is 5. The first-order valence-electron chi connectivity index (χ1n) is 16.9. The second-order valence-electron chi connectivity index (χ2n) is 14.1. The van der Waals surface area contributed by atoms with E-state index in [4.69, 9.17) is 0 Å². The summed E-state index contributed by atoms with van der Waals surface area (Å²) >= 11 is 0. The van der Waals surface area contributed by atoms with E-state index in [0.29, 0.717) is 0 Å². The highest BCUT2D eigenvalue weighted by Gasteiger charge is 2.37. The van der Waals surface area contributed by atoms with E-state index >= 15 is 0 Å². The average molecular weight is 636 g/mol. The summed E-state index contributed by atoms with van der Waals surface area (Å²) in [6.45, 7) is 9.25. The maximum Gasteiger partial charge on any atom is 0.113 e. The van der Waals surface area contributed by atoms with Gasteiger partial charge in [0.2, 0.25) is 0 Å². The molecule has 0 spiro atoms. The van der Waals surface area contributed by atoms with Crippen LogP contribution in [0.3, 0.4) is 0 Å². The summed E-state index contributed by atoms with van der Waals surface area (Å²) in [5.74, 6) is 0. The van der Waals surface area contributed by atoms with Crippen molar-refractivity contribution in [3.05, 3.63) is 174 Å². The van der Waals surface area contributed by atoms with Crippen LogP contribution in [-0.4, -0.2) is 15.0 Å². The summed E-state index contributed by atoms with van der Waals surface area (Å²) < 4.78 is 1.85. The molecule has 9 rings (SSSR count). The van der Waals surface area contributed by atoms with Crippen LogP contribution in [-0.2, 0) is 10.8 Å². The van der Waals surface area contributed by atoms with E-state index < -0.39 is 0 Å². The first-order chi connectivity index (χ1) is 23.8. The molecule has 2 aliphatic heterocycles. The summed E-state index contributed by atoms with van der Waals surface area (Å²) in [7, 11) is 0. The maximum atomic E-state index is 4.57. The third-order valence-electron chi connectivity index (χ3n) is 10.6. The highest BCUT2D eigenvalue weighted by molar-refractivity contribution is 5.87. The molecule has 0 bridgehead atoms. The van der Waals surface area contributed by atoms with Crippen molar-refractivity contribution in [2.75, 3.05) is 9.80 Å². The van der Waals surface area contributed by atoms with Crippen molar-refractivity contribution in [2.45, 2.75) is 38.5 Å². The topological polar surface area (TPSA) is 37.2 Å². The molecule has 6 aromatic carbocycles. The molecule has 0 radical (unpaired) electrons. The smallest absolute Gasteiger partial charge is 0.113 e. The largest absolute Gasteiger partial charge is 0.310 e. The maximum absolute atomic E-state index is 4.57. The Morgan fingerprint density at radius 2 is 0.755 bits per heavy atom. The summed E-state index contributed by atoms with van der Waals surface area (Å²) in [5.41, 5.74) is 15.0. The van der Waals surface area contributed by atoms with Gasteiger partial charge in [0.05, 0.1) is 34.6 Å². The fraction of sp³-hybridized carbons (Fsp3) is 0.136. The van der Waals surface area contributed by atoms with Gasteiger partial charge < -0.3 is 9.80 Å². The van der Waals surface area contributed by atoms with Gasteiger partial charge in [-0.2, -0.15) is 0 Å². The Labute approximate surface area is 287 Å². The molecule has 238 valence electrons. The number of rotatable bonds is 4. The summed E-state index contributed by atoms with van der Waals surface area (Å²) in [6.07, 6.45) is 2.01. The molecule has 2 aliphatic rings. The van der Waals surface area contributed by atoms with Crippen molar-refractivity contribution in [3.63, 3.8) is 0 Å². The number of fused-ring (bicyclic) bond motifs is 4. The second-order valence-corrected chi connectivity index (χ2v) is 14.1. The number of anilines is 6. The standard InChI is InChI=1S/C44H37N5/c1-43(2)34-13-5-9-17-39(34)48(40-18-10-6-14-35(40)43)32-23-21-30(22-24-32)38-29-47(46-45-38)31-25-27-33(28-26-31)49-41-19-11-7-15-36(41)44(3,4)37-16-8-12-20-42(37)49/h5-29H,1-4H3. The fourth-order valence-corrected chi connectivity index (χ4v) is 7.95. The van der Waals surface area contributed by atoms with Crippen molar-refractivity contribution in [2.24, 2.45) is 0 Å². The molecule has 5 nitrogen and oxygen atoms in total. The molecule has 0 aliphatic carbocycles. The lowest BCUT2D eigenvalue weighted by atomic mass is 9.73. The normalized spacial score (nSPS) is 15.2. The van der Waals surface area contributed by atoms with Gasteiger partial charge in [-0.25, -0.2) is 4.68 Å². The van der Waals surface area contributed by atoms with Gasteiger partial charge >= 0.3 is 0 Å². The first-order valence-corrected chi connectivity index (χ1v) is 16.9. The SMILES string of the molecule is CC1(C)c2ccccc2N(c2ccc(-c3cn(-c4ccc(N5c6ccccc6C(C)(C)c6ccccc65)cc4)nn3)cc2)c2ccccc21. The minimum absolute atomic E-state index is 0.0833. The fourth-order valence-electron chi connectivity index (χ4n) is 7.95. The molecule has 0 atom stereocenters. The predicted octanol–water partition coefficient (Wildman–Crippen LogP) is 11.2. The third-order valence-corrected chi connectivity index (χ3v) is 10.6. The molecular formula is C44H37N5. The van der Waals surface area contributed by atoms with E-state index in [1.807, 2.05) is 10.9 Å². The minimum Gasteiger partial charge on any atom is -0.310 e.